The topological polar surface area (TPSA) is 39.1 Å². The molecule has 5 heteroatoms. The van der Waals surface area contributed by atoms with Gasteiger partial charge in [-0.15, -0.1) is 6.58 Å². The molecule has 4 nitrogen and oxygen atoms in total. The average Bonchev–Trinajstić information content (AvgIpc) is 2.71. The smallest absolute Gasteiger partial charge is 0.0847 e. The van der Waals surface area contributed by atoms with Crippen molar-refractivity contribution in [3.63, 3.8) is 0 Å². The maximum absolute atomic E-state index is 6.38. The van der Waals surface area contributed by atoms with Crippen molar-refractivity contribution in [2.75, 3.05) is 26.8 Å². The number of ether oxygens (including phenoxy) is 1. The normalized spacial score (nSPS) is 14.2. The number of halogens is 1. The second-order valence-corrected chi connectivity index (χ2v) is 5.74. The van der Waals surface area contributed by atoms with E-state index < -0.39 is 0 Å². The standard InChI is InChI=1S/C15H26ClN3O/c1-6-15(4,11-17-8-9-20-5)10-13-14(16)12(3)18-19(13)7-2/h6,17H,1,7-11H2,2-5H3. The van der Waals surface area contributed by atoms with Gasteiger partial charge in [0.2, 0.25) is 0 Å². The first kappa shape index (κ1) is 17.2. The molecule has 0 aliphatic rings. The SMILES string of the molecule is C=CC(C)(CNCCOC)Cc1c(Cl)c(C)nn1CC. The van der Waals surface area contributed by atoms with Gasteiger partial charge in [-0.25, -0.2) is 0 Å². The molecule has 0 amide bonds. The fourth-order valence-corrected chi connectivity index (χ4v) is 2.38. The van der Waals surface area contributed by atoms with Crippen molar-refractivity contribution in [2.24, 2.45) is 5.41 Å². The molecule has 1 rings (SSSR count). The Balaban J connectivity index is 2.79. The highest BCUT2D eigenvalue weighted by Crippen LogP contribution is 2.29. The van der Waals surface area contributed by atoms with Crippen molar-refractivity contribution in [1.82, 2.24) is 15.1 Å². The molecule has 0 aliphatic carbocycles. The van der Waals surface area contributed by atoms with E-state index in [1.807, 2.05) is 17.7 Å². The molecule has 1 atom stereocenters. The maximum atomic E-state index is 6.38. The fourth-order valence-electron chi connectivity index (χ4n) is 2.18. The van der Waals surface area contributed by atoms with Gasteiger partial charge in [0.25, 0.3) is 0 Å². The Kier molecular flexibility index (Phi) is 6.72. The van der Waals surface area contributed by atoms with Gasteiger partial charge >= 0.3 is 0 Å². The summed E-state index contributed by atoms with van der Waals surface area (Å²) in [6.07, 6.45) is 2.81. The van der Waals surface area contributed by atoms with Gasteiger partial charge in [-0.05, 0) is 13.8 Å². The number of nitrogens with one attached hydrogen (secondary N) is 1. The van der Waals surface area contributed by atoms with E-state index in [2.05, 4.69) is 30.8 Å². The highest BCUT2D eigenvalue weighted by Gasteiger charge is 2.25. The molecule has 0 saturated heterocycles. The molecule has 0 saturated carbocycles. The number of nitrogens with zero attached hydrogens (tertiary/aromatic N) is 2. The Hall–Kier alpha value is -0.840. The molecule has 1 N–H and O–H groups in total. The van der Waals surface area contributed by atoms with E-state index in [1.54, 1.807) is 7.11 Å². The number of hydrogen-bond donors (Lipinski definition) is 1. The van der Waals surface area contributed by atoms with E-state index in [4.69, 9.17) is 16.3 Å². The third-order valence-corrected chi connectivity index (χ3v) is 4.02. The summed E-state index contributed by atoms with van der Waals surface area (Å²) in [6.45, 7) is 13.4. The predicted molar refractivity (Wildman–Crippen MR) is 84.4 cm³/mol. The van der Waals surface area contributed by atoms with Gasteiger partial charge in [-0.2, -0.15) is 5.10 Å². The van der Waals surface area contributed by atoms with Crippen molar-refractivity contribution in [3.8, 4) is 0 Å². The summed E-state index contributed by atoms with van der Waals surface area (Å²) < 4.78 is 7.02. The molecule has 0 aromatic carbocycles. The van der Waals surface area contributed by atoms with E-state index in [-0.39, 0.29) is 5.41 Å². The van der Waals surface area contributed by atoms with E-state index in [1.165, 1.54) is 0 Å². The largest absolute Gasteiger partial charge is 0.383 e. The molecule has 0 bridgehead atoms. The van der Waals surface area contributed by atoms with E-state index in [0.29, 0.717) is 6.61 Å². The maximum Gasteiger partial charge on any atom is 0.0847 e. The zero-order valence-corrected chi connectivity index (χ0v) is 13.8. The highest BCUT2D eigenvalue weighted by molar-refractivity contribution is 6.31. The van der Waals surface area contributed by atoms with Crippen LogP contribution in [0.25, 0.3) is 0 Å². The van der Waals surface area contributed by atoms with Gasteiger partial charge in [0.05, 0.1) is 23.0 Å². The van der Waals surface area contributed by atoms with Crippen LogP contribution >= 0.6 is 11.6 Å². The van der Waals surface area contributed by atoms with E-state index in [0.717, 1.165) is 42.5 Å². The fraction of sp³-hybridized carbons (Fsp3) is 0.667. The summed E-state index contributed by atoms with van der Waals surface area (Å²) in [5, 5.41) is 8.63. The summed E-state index contributed by atoms with van der Waals surface area (Å²) >= 11 is 6.38. The number of rotatable bonds is 9. The Morgan fingerprint density at radius 3 is 2.80 bits per heavy atom. The summed E-state index contributed by atoms with van der Waals surface area (Å²) in [5.74, 6) is 0. The minimum atomic E-state index is -0.0588. The summed E-state index contributed by atoms with van der Waals surface area (Å²) in [5.41, 5.74) is 1.92. The van der Waals surface area contributed by atoms with Crippen molar-refractivity contribution in [1.29, 1.82) is 0 Å². The number of aromatic nitrogens is 2. The zero-order valence-electron chi connectivity index (χ0n) is 13.0. The van der Waals surface area contributed by atoms with Crippen molar-refractivity contribution in [3.05, 3.63) is 29.1 Å². The second-order valence-electron chi connectivity index (χ2n) is 5.37. The molecule has 1 aromatic heterocycles. The van der Waals surface area contributed by atoms with Crippen LogP contribution < -0.4 is 5.32 Å². The Morgan fingerprint density at radius 1 is 1.55 bits per heavy atom. The first-order valence-corrected chi connectivity index (χ1v) is 7.40. The van der Waals surface area contributed by atoms with Gasteiger partial charge in [0, 0.05) is 38.6 Å². The molecule has 20 heavy (non-hydrogen) atoms. The lowest BCUT2D eigenvalue weighted by molar-refractivity contribution is 0.195. The molecule has 1 unspecified atom stereocenters. The average molecular weight is 300 g/mol. The summed E-state index contributed by atoms with van der Waals surface area (Å²) in [7, 11) is 1.71. The molecular formula is C15H26ClN3O. The Morgan fingerprint density at radius 2 is 2.25 bits per heavy atom. The lowest BCUT2D eigenvalue weighted by Crippen LogP contribution is -2.34. The molecule has 1 aromatic rings. The van der Waals surface area contributed by atoms with Crippen LogP contribution in [0, 0.1) is 12.3 Å². The van der Waals surface area contributed by atoms with Crippen LogP contribution in [-0.4, -0.2) is 36.6 Å². The van der Waals surface area contributed by atoms with Crippen LogP contribution in [0.15, 0.2) is 12.7 Å². The van der Waals surface area contributed by atoms with Crippen LogP contribution in [0.4, 0.5) is 0 Å². The molecule has 0 spiro atoms. The van der Waals surface area contributed by atoms with Crippen molar-refractivity contribution < 1.29 is 4.74 Å². The van der Waals surface area contributed by atoms with Crippen LogP contribution in [0.2, 0.25) is 5.02 Å². The van der Waals surface area contributed by atoms with Crippen LogP contribution in [0.3, 0.4) is 0 Å². The first-order valence-electron chi connectivity index (χ1n) is 7.02. The first-order chi connectivity index (χ1) is 9.47. The van der Waals surface area contributed by atoms with Crippen LogP contribution in [-0.2, 0) is 17.7 Å². The van der Waals surface area contributed by atoms with Crippen molar-refractivity contribution in [2.45, 2.75) is 33.7 Å². The molecular weight excluding hydrogens is 274 g/mol. The van der Waals surface area contributed by atoms with Gasteiger partial charge in [0.15, 0.2) is 0 Å². The van der Waals surface area contributed by atoms with Crippen LogP contribution in [0.1, 0.15) is 25.2 Å². The van der Waals surface area contributed by atoms with E-state index >= 15 is 0 Å². The van der Waals surface area contributed by atoms with Crippen molar-refractivity contribution >= 4 is 11.6 Å². The van der Waals surface area contributed by atoms with E-state index in [9.17, 15) is 0 Å². The molecule has 114 valence electrons. The lowest BCUT2D eigenvalue weighted by Gasteiger charge is -2.26. The zero-order chi connectivity index (χ0) is 15.2. The Labute approximate surface area is 127 Å². The number of methoxy groups -OCH3 is 1. The lowest BCUT2D eigenvalue weighted by atomic mass is 9.85. The molecule has 1 heterocycles. The molecule has 0 radical (unpaired) electrons. The van der Waals surface area contributed by atoms with Gasteiger partial charge in [-0.3, -0.25) is 4.68 Å². The highest BCUT2D eigenvalue weighted by atomic mass is 35.5. The number of aryl methyl sites for hydroxylation is 2. The predicted octanol–water partition coefficient (Wildman–Crippen LogP) is 2.84. The monoisotopic (exact) mass is 299 g/mol. The summed E-state index contributed by atoms with van der Waals surface area (Å²) in [6, 6.07) is 0. The minimum absolute atomic E-state index is 0.0588. The van der Waals surface area contributed by atoms with Gasteiger partial charge < -0.3 is 10.1 Å². The van der Waals surface area contributed by atoms with Gasteiger partial charge in [-0.1, -0.05) is 24.6 Å². The second kappa shape index (κ2) is 7.81. The third kappa shape index (κ3) is 4.33. The van der Waals surface area contributed by atoms with Gasteiger partial charge in [0.1, 0.15) is 0 Å². The Bertz CT molecular complexity index is 445. The third-order valence-electron chi connectivity index (χ3n) is 3.53. The minimum Gasteiger partial charge on any atom is -0.383 e. The van der Waals surface area contributed by atoms with Crippen LogP contribution in [0.5, 0.6) is 0 Å². The molecule has 0 fully saturated rings. The quantitative estimate of drug-likeness (QED) is 0.563. The summed E-state index contributed by atoms with van der Waals surface area (Å²) in [4.78, 5) is 0. The number of hydrogen-bond acceptors (Lipinski definition) is 3. The molecule has 0 aliphatic heterocycles.